The number of benzene rings is 1. The van der Waals surface area contributed by atoms with Crippen LogP contribution >= 0.6 is 0 Å². The monoisotopic (exact) mass is 341 g/mol. The fraction of sp³-hybridized carbons (Fsp3) is 0.400. The van der Waals surface area contributed by atoms with E-state index in [9.17, 15) is 9.59 Å². The summed E-state index contributed by atoms with van der Waals surface area (Å²) < 4.78 is 5.78. The molecular formula is C20H23NO4. The first-order chi connectivity index (χ1) is 11.9. The second kappa shape index (κ2) is 7.13. The van der Waals surface area contributed by atoms with E-state index in [1.807, 2.05) is 24.0 Å². The predicted molar refractivity (Wildman–Crippen MR) is 93.4 cm³/mol. The van der Waals surface area contributed by atoms with Crippen molar-refractivity contribution in [1.82, 2.24) is 4.90 Å². The fourth-order valence-corrected chi connectivity index (χ4v) is 3.38. The van der Waals surface area contributed by atoms with Crippen molar-refractivity contribution >= 4 is 11.9 Å². The molecule has 5 nitrogen and oxygen atoms in total. The van der Waals surface area contributed by atoms with Crippen LogP contribution in [0.4, 0.5) is 0 Å². The van der Waals surface area contributed by atoms with E-state index < -0.39 is 5.97 Å². The standard InChI is InChI=1S/C20H23NO4/c1-13-9-10-21(17(11-13)18-8-3-14(2)25-18)19(22)12-15-4-6-16(7-5-15)20(23)24/h3-8,13,17H,9-12H2,1-2H3,(H,23,24). The SMILES string of the molecule is Cc1ccc(C2CC(C)CCN2C(=O)Cc2ccc(C(=O)O)cc2)o1. The van der Waals surface area contributed by atoms with E-state index in [-0.39, 0.29) is 23.9 Å². The van der Waals surface area contributed by atoms with E-state index in [1.165, 1.54) is 12.1 Å². The van der Waals surface area contributed by atoms with Crippen LogP contribution in [-0.2, 0) is 11.2 Å². The Hall–Kier alpha value is -2.56. The van der Waals surface area contributed by atoms with Gasteiger partial charge in [-0.25, -0.2) is 4.79 Å². The largest absolute Gasteiger partial charge is 0.478 e. The number of rotatable bonds is 4. The molecule has 1 aromatic heterocycles. The van der Waals surface area contributed by atoms with Gasteiger partial charge in [0.2, 0.25) is 5.91 Å². The van der Waals surface area contributed by atoms with Gasteiger partial charge in [0.25, 0.3) is 0 Å². The number of carbonyl (C=O) groups is 2. The maximum Gasteiger partial charge on any atom is 0.335 e. The second-order valence-corrected chi connectivity index (χ2v) is 6.86. The molecule has 2 heterocycles. The van der Waals surface area contributed by atoms with Gasteiger partial charge < -0.3 is 14.4 Å². The molecule has 1 fully saturated rings. The van der Waals surface area contributed by atoms with Gasteiger partial charge in [0.15, 0.2) is 0 Å². The Morgan fingerprint density at radius 1 is 1.20 bits per heavy atom. The second-order valence-electron chi connectivity index (χ2n) is 6.86. The number of likely N-dealkylation sites (tertiary alicyclic amines) is 1. The van der Waals surface area contributed by atoms with Crippen LogP contribution in [0.3, 0.4) is 0 Å². The van der Waals surface area contributed by atoms with Crippen molar-refractivity contribution < 1.29 is 19.1 Å². The van der Waals surface area contributed by atoms with Gasteiger partial charge in [-0.05, 0) is 55.5 Å². The quantitative estimate of drug-likeness (QED) is 0.917. The Labute approximate surface area is 147 Å². The molecule has 5 heteroatoms. The number of carbonyl (C=O) groups excluding carboxylic acids is 1. The van der Waals surface area contributed by atoms with Crippen molar-refractivity contribution in [3.8, 4) is 0 Å². The van der Waals surface area contributed by atoms with Crippen molar-refractivity contribution in [3.05, 3.63) is 59.0 Å². The molecule has 2 atom stereocenters. The molecule has 0 aliphatic carbocycles. The van der Waals surface area contributed by atoms with E-state index in [2.05, 4.69) is 6.92 Å². The molecular weight excluding hydrogens is 318 g/mol. The van der Waals surface area contributed by atoms with Gasteiger partial charge in [-0.2, -0.15) is 0 Å². The summed E-state index contributed by atoms with van der Waals surface area (Å²) in [7, 11) is 0. The van der Waals surface area contributed by atoms with Crippen LogP contribution in [-0.4, -0.2) is 28.4 Å². The molecule has 3 rings (SSSR count). The summed E-state index contributed by atoms with van der Waals surface area (Å²) in [6.45, 7) is 4.83. The number of aromatic carboxylic acids is 1. The third kappa shape index (κ3) is 3.92. The highest BCUT2D eigenvalue weighted by molar-refractivity contribution is 5.87. The van der Waals surface area contributed by atoms with Crippen LogP contribution in [0.1, 0.15) is 53.2 Å². The van der Waals surface area contributed by atoms with Crippen molar-refractivity contribution in [3.63, 3.8) is 0 Å². The topological polar surface area (TPSA) is 70.8 Å². The third-order valence-corrected chi connectivity index (χ3v) is 4.83. The lowest BCUT2D eigenvalue weighted by atomic mass is 9.90. The molecule has 1 aromatic carbocycles. The van der Waals surface area contributed by atoms with E-state index in [4.69, 9.17) is 9.52 Å². The number of hydrogen-bond donors (Lipinski definition) is 1. The van der Waals surface area contributed by atoms with Gasteiger partial charge in [0, 0.05) is 6.54 Å². The Morgan fingerprint density at radius 3 is 2.52 bits per heavy atom. The number of amides is 1. The molecule has 0 spiro atoms. The van der Waals surface area contributed by atoms with Crippen LogP contribution in [0, 0.1) is 12.8 Å². The van der Waals surface area contributed by atoms with Gasteiger partial charge >= 0.3 is 5.97 Å². The minimum atomic E-state index is -0.962. The summed E-state index contributed by atoms with van der Waals surface area (Å²) in [4.78, 5) is 25.7. The number of piperidine rings is 1. The van der Waals surface area contributed by atoms with E-state index in [0.717, 1.165) is 36.5 Å². The number of nitrogens with zero attached hydrogens (tertiary/aromatic N) is 1. The molecule has 1 N–H and O–H groups in total. The lowest BCUT2D eigenvalue weighted by Gasteiger charge is -2.37. The first-order valence-electron chi connectivity index (χ1n) is 8.62. The minimum Gasteiger partial charge on any atom is -0.478 e. The lowest BCUT2D eigenvalue weighted by molar-refractivity contribution is -0.135. The van der Waals surface area contributed by atoms with Crippen molar-refractivity contribution in [2.24, 2.45) is 5.92 Å². The van der Waals surface area contributed by atoms with Crippen LogP contribution in [0.2, 0.25) is 0 Å². The predicted octanol–water partition coefficient (Wildman–Crippen LogP) is 3.83. The highest BCUT2D eigenvalue weighted by atomic mass is 16.4. The summed E-state index contributed by atoms with van der Waals surface area (Å²) in [6, 6.07) is 10.4. The Kier molecular flexibility index (Phi) is 4.93. The Bertz CT molecular complexity index is 762. The first kappa shape index (κ1) is 17.3. The zero-order valence-electron chi connectivity index (χ0n) is 14.6. The maximum absolute atomic E-state index is 12.9. The molecule has 132 valence electrons. The number of aryl methyl sites for hydroxylation is 1. The third-order valence-electron chi connectivity index (χ3n) is 4.83. The van der Waals surface area contributed by atoms with Gasteiger partial charge in [0.1, 0.15) is 11.5 Å². The summed E-state index contributed by atoms with van der Waals surface area (Å²) in [5, 5.41) is 8.96. The molecule has 1 saturated heterocycles. The van der Waals surface area contributed by atoms with E-state index in [1.54, 1.807) is 12.1 Å². The molecule has 0 bridgehead atoms. The van der Waals surface area contributed by atoms with Gasteiger partial charge in [-0.3, -0.25) is 4.79 Å². The van der Waals surface area contributed by atoms with Crippen molar-refractivity contribution in [2.45, 2.75) is 39.2 Å². The van der Waals surface area contributed by atoms with E-state index in [0.29, 0.717) is 5.92 Å². The first-order valence-corrected chi connectivity index (χ1v) is 8.62. The van der Waals surface area contributed by atoms with Crippen LogP contribution in [0.25, 0.3) is 0 Å². The highest BCUT2D eigenvalue weighted by Crippen LogP contribution is 2.35. The van der Waals surface area contributed by atoms with Crippen molar-refractivity contribution in [1.29, 1.82) is 0 Å². The van der Waals surface area contributed by atoms with Crippen LogP contribution < -0.4 is 0 Å². The average molecular weight is 341 g/mol. The minimum absolute atomic E-state index is 0.0248. The molecule has 2 unspecified atom stereocenters. The Morgan fingerprint density at radius 2 is 1.92 bits per heavy atom. The fourth-order valence-electron chi connectivity index (χ4n) is 3.38. The number of carboxylic acid groups (broad SMARTS) is 1. The molecule has 2 aromatic rings. The number of hydrogen-bond acceptors (Lipinski definition) is 3. The summed E-state index contributed by atoms with van der Waals surface area (Å²) in [5.41, 5.74) is 1.05. The lowest BCUT2D eigenvalue weighted by Crippen LogP contribution is -2.41. The number of carboxylic acids is 1. The molecule has 0 radical (unpaired) electrons. The van der Waals surface area contributed by atoms with E-state index >= 15 is 0 Å². The summed E-state index contributed by atoms with van der Waals surface area (Å²) in [5.74, 6) is 1.34. The summed E-state index contributed by atoms with van der Waals surface area (Å²) in [6.07, 6.45) is 2.15. The van der Waals surface area contributed by atoms with Crippen LogP contribution in [0.5, 0.6) is 0 Å². The molecule has 0 saturated carbocycles. The zero-order valence-corrected chi connectivity index (χ0v) is 14.6. The molecule has 1 aliphatic heterocycles. The number of furan rings is 1. The highest BCUT2D eigenvalue weighted by Gasteiger charge is 2.32. The smallest absolute Gasteiger partial charge is 0.335 e. The summed E-state index contributed by atoms with van der Waals surface area (Å²) >= 11 is 0. The van der Waals surface area contributed by atoms with Crippen molar-refractivity contribution in [2.75, 3.05) is 6.54 Å². The van der Waals surface area contributed by atoms with Gasteiger partial charge in [-0.1, -0.05) is 19.1 Å². The molecule has 1 amide bonds. The molecule has 25 heavy (non-hydrogen) atoms. The normalized spacial score (nSPS) is 20.5. The Balaban J connectivity index is 1.75. The molecule has 1 aliphatic rings. The average Bonchev–Trinajstić information content (AvgIpc) is 3.01. The zero-order chi connectivity index (χ0) is 18.0. The van der Waals surface area contributed by atoms with Gasteiger partial charge in [0.05, 0.1) is 18.0 Å². The van der Waals surface area contributed by atoms with Crippen LogP contribution in [0.15, 0.2) is 40.8 Å². The van der Waals surface area contributed by atoms with Gasteiger partial charge in [-0.15, -0.1) is 0 Å². The maximum atomic E-state index is 12.9.